The lowest BCUT2D eigenvalue weighted by molar-refractivity contribution is -0.187. The van der Waals surface area contributed by atoms with Gasteiger partial charge in [-0.25, -0.2) is 4.79 Å². The molecular weight excluding hydrogens is 303 g/mol. The van der Waals surface area contributed by atoms with Crippen molar-refractivity contribution in [3.63, 3.8) is 0 Å². The molecule has 0 radical (unpaired) electrons. The van der Waals surface area contributed by atoms with Gasteiger partial charge in [-0.05, 0) is 18.8 Å². The Morgan fingerprint density at radius 1 is 1.05 bits per heavy atom. The van der Waals surface area contributed by atoms with Crippen LogP contribution in [0, 0.1) is 5.92 Å². The van der Waals surface area contributed by atoms with Gasteiger partial charge in [-0.2, -0.15) is 13.2 Å². The van der Waals surface area contributed by atoms with Gasteiger partial charge in [0.05, 0.1) is 0 Å². The van der Waals surface area contributed by atoms with Crippen LogP contribution in [0.25, 0.3) is 0 Å². The molecule has 22 heavy (non-hydrogen) atoms. The predicted molar refractivity (Wildman–Crippen MR) is 71.4 cm³/mol. The van der Waals surface area contributed by atoms with E-state index < -0.39 is 18.2 Å². The number of hydrogen-bond acceptors (Lipinski definition) is 3. The van der Waals surface area contributed by atoms with E-state index in [2.05, 4.69) is 4.90 Å². The smallest absolute Gasteiger partial charge is 0.465 e. The number of carbonyl (C=O) groups is 2. The molecule has 2 aliphatic rings. The number of halogens is 3. The highest BCUT2D eigenvalue weighted by molar-refractivity contribution is 5.81. The van der Waals surface area contributed by atoms with Crippen LogP contribution >= 0.6 is 0 Å². The number of amides is 2. The van der Waals surface area contributed by atoms with Crippen molar-refractivity contribution in [1.29, 1.82) is 0 Å². The van der Waals surface area contributed by atoms with E-state index in [4.69, 9.17) is 5.11 Å². The van der Waals surface area contributed by atoms with Crippen molar-refractivity contribution in [3.8, 4) is 0 Å². The summed E-state index contributed by atoms with van der Waals surface area (Å²) >= 11 is 0. The lowest BCUT2D eigenvalue weighted by Crippen LogP contribution is -2.52. The fraction of sp³-hybridized carbons (Fsp3) is 0.846. The highest BCUT2D eigenvalue weighted by Crippen LogP contribution is 2.24. The summed E-state index contributed by atoms with van der Waals surface area (Å²) in [5, 5.41) is 8.87. The van der Waals surface area contributed by atoms with E-state index >= 15 is 0 Å². The van der Waals surface area contributed by atoms with Crippen LogP contribution in [0.4, 0.5) is 18.0 Å². The van der Waals surface area contributed by atoms with Crippen LogP contribution in [0.1, 0.15) is 12.8 Å². The topological polar surface area (TPSA) is 64.1 Å². The minimum Gasteiger partial charge on any atom is -0.465 e. The Morgan fingerprint density at radius 2 is 1.68 bits per heavy atom. The van der Waals surface area contributed by atoms with Gasteiger partial charge in [-0.1, -0.05) is 0 Å². The molecule has 2 heterocycles. The van der Waals surface area contributed by atoms with E-state index in [9.17, 15) is 22.8 Å². The summed E-state index contributed by atoms with van der Waals surface area (Å²) in [6.07, 6.45) is -4.39. The number of nitrogens with zero attached hydrogens (tertiary/aromatic N) is 3. The van der Waals surface area contributed by atoms with Crippen LogP contribution in [0.5, 0.6) is 0 Å². The Kier molecular flexibility index (Phi) is 5.15. The maximum absolute atomic E-state index is 12.5. The highest BCUT2D eigenvalue weighted by Gasteiger charge is 2.43. The fourth-order valence-corrected chi connectivity index (χ4v) is 3.06. The first-order chi connectivity index (χ1) is 10.3. The monoisotopic (exact) mass is 323 g/mol. The van der Waals surface area contributed by atoms with E-state index in [1.807, 2.05) is 0 Å². The molecule has 0 aromatic carbocycles. The van der Waals surface area contributed by atoms with Gasteiger partial charge in [0.1, 0.15) is 0 Å². The molecule has 2 aliphatic heterocycles. The SMILES string of the molecule is O=C(O)N1CCN(C[C@@H]2CCCN(C(=O)C(F)(F)F)C2)CC1. The van der Waals surface area contributed by atoms with Crippen molar-refractivity contribution < 1.29 is 27.9 Å². The molecular formula is C13H20F3N3O3. The van der Waals surface area contributed by atoms with Gasteiger partial charge >= 0.3 is 18.2 Å². The Morgan fingerprint density at radius 3 is 2.23 bits per heavy atom. The number of rotatable bonds is 2. The van der Waals surface area contributed by atoms with Gasteiger partial charge < -0.3 is 14.9 Å². The Labute approximate surface area is 126 Å². The van der Waals surface area contributed by atoms with Crippen LogP contribution in [-0.2, 0) is 4.79 Å². The van der Waals surface area contributed by atoms with Crippen molar-refractivity contribution in [2.45, 2.75) is 19.0 Å². The largest absolute Gasteiger partial charge is 0.471 e. The van der Waals surface area contributed by atoms with Gasteiger partial charge in [0.25, 0.3) is 0 Å². The van der Waals surface area contributed by atoms with Crippen LogP contribution < -0.4 is 0 Å². The summed E-state index contributed by atoms with van der Waals surface area (Å²) < 4.78 is 37.4. The number of carbonyl (C=O) groups excluding carboxylic acids is 1. The quantitative estimate of drug-likeness (QED) is 0.826. The molecule has 2 fully saturated rings. The van der Waals surface area contributed by atoms with E-state index in [0.717, 1.165) is 11.3 Å². The molecule has 9 heteroatoms. The standard InChI is InChI=1S/C13H20F3N3O3/c14-13(15,16)11(20)19-3-1-2-10(9-19)8-17-4-6-18(7-5-17)12(21)22/h10H,1-9H2,(H,21,22)/t10-/m0/s1. The minimum absolute atomic E-state index is 0.0106. The van der Waals surface area contributed by atoms with Gasteiger partial charge in [0.15, 0.2) is 0 Å². The summed E-state index contributed by atoms with van der Waals surface area (Å²) in [6, 6.07) is 0. The first kappa shape index (κ1) is 16.9. The van der Waals surface area contributed by atoms with Crippen molar-refractivity contribution in [2.75, 3.05) is 45.8 Å². The van der Waals surface area contributed by atoms with E-state index in [0.29, 0.717) is 39.1 Å². The zero-order valence-electron chi connectivity index (χ0n) is 12.2. The minimum atomic E-state index is -4.81. The molecule has 0 bridgehead atoms. The molecule has 0 aromatic rings. The summed E-state index contributed by atoms with van der Waals surface area (Å²) in [7, 11) is 0. The lowest BCUT2D eigenvalue weighted by atomic mass is 9.97. The van der Waals surface area contributed by atoms with Gasteiger partial charge in [-0.3, -0.25) is 9.69 Å². The van der Waals surface area contributed by atoms with E-state index in [-0.39, 0.29) is 19.0 Å². The van der Waals surface area contributed by atoms with Gasteiger partial charge in [-0.15, -0.1) is 0 Å². The second-order valence-electron chi connectivity index (χ2n) is 5.83. The van der Waals surface area contributed by atoms with Crippen molar-refractivity contribution in [3.05, 3.63) is 0 Å². The fourth-order valence-electron chi connectivity index (χ4n) is 3.06. The van der Waals surface area contributed by atoms with Gasteiger partial charge in [0, 0.05) is 45.8 Å². The van der Waals surface area contributed by atoms with E-state index in [1.165, 1.54) is 4.90 Å². The maximum Gasteiger partial charge on any atom is 0.471 e. The molecule has 0 unspecified atom stereocenters. The third-order valence-corrected chi connectivity index (χ3v) is 4.21. The molecule has 6 nitrogen and oxygen atoms in total. The molecule has 126 valence electrons. The molecule has 2 saturated heterocycles. The Hall–Kier alpha value is -1.51. The molecule has 0 aromatic heterocycles. The van der Waals surface area contributed by atoms with Crippen LogP contribution in [0.3, 0.4) is 0 Å². The summed E-state index contributed by atoms with van der Waals surface area (Å²) in [5.74, 6) is -1.75. The van der Waals surface area contributed by atoms with E-state index in [1.54, 1.807) is 0 Å². The Balaban J connectivity index is 1.81. The molecule has 0 aliphatic carbocycles. The van der Waals surface area contributed by atoms with Gasteiger partial charge in [0.2, 0.25) is 0 Å². The lowest BCUT2D eigenvalue weighted by Gasteiger charge is -2.38. The average molecular weight is 323 g/mol. The Bertz CT molecular complexity index is 422. The molecule has 0 spiro atoms. The zero-order chi connectivity index (χ0) is 16.3. The zero-order valence-corrected chi connectivity index (χ0v) is 12.2. The molecule has 0 saturated carbocycles. The molecule has 2 rings (SSSR count). The number of piperazine rings is 1. The number of carboxylic acid groups (broad SMARTS) is 1. The maximum atomic E-state index is 12.5. The summed E-state index contributed by atoms with van der Waals surface area (Å²) in [5.41, 5.74) is 0. The molecule has 2 amide bonds. The highest BCUT2D eigenvalue weighted by atomic mass is 19.4. The van der Waals surface area contributed by atoms with Crippen LogP contribution in [-0.4, -0.2) is 83.8 Å². The third kappa shape index (κ3) is 4.25. The van der Waals surface area contributed by atoms with Crippen molar-refractivity contribution in [2.24, 2.45) is 5.92 Å². The third-order valence-electron chi connectivity index (χ3n) is 4.21. The summed E-state index contributed by atoms with van der Waals surface area (Å²) in [4.78, 5) is 26.4. The number of hydrogen-bond donors (Lipinski definition) is 1. The molecule has 1 atom stereocenters. The normalized spacial score (nSPS) is 24.4. The second-order valence-corrected chi connectivity index (χ2v) is 5.83. The number of piperidine rings is 1. The number of likely N-dealkylation sites (tertiary alicyclic amines) is 1. The predicted octanol–water partition coefficient (Wildman–Crippen LogP) is 1.08. The van der Waals surface area contributed by atoms with Crippen LogP contribution in [0.2, 0.25) is 0 Å². The van der Waals surface area contributed by atoms with Crippen molar-refractivity contribution >= 4 is 12.0 Å². The molecule has 1 N–H and O–H groups in total. The number of alkyl halides is 3. The van der Waals surface area contributed by atoms with Crippen molar-refractivity contribution in [1.82, 2.24) is 14.7 Å². The average Bonchev–Trinajstić information content (AvgIpc) is 2.46. The first-order valence-electron chi connectivity index (χ1n) is 7.33. The summed E-state index contributed by atoms with van der Waals surface area (Å²) in [6.45, 7) is 2.86. The van der Waals surface area contributed by atoms with Crippen LogP contribution in [0.15, 0.2) is 0 Å². The first-order valence-corrected chi connectivity index (χ1v) is 7.33. The second kappa shape index (κ2) is 6.72.